The minimum Gasteiger partial charge on any atom is -0.356 e. The van der Waals surface area contributed by atoms with E-state index in [0.29, 0.717) is 42.7 Å². The Hall–Kier alpha value is -2.28. The second-order valence-corrected chi connectivity index (χ2v) is 6.55. The molecular formula is C18H23FN4O2. The first-order valence-corrected chi connectivity index (χ1v) is 8.62. The highest BCUT2D eigenvalue weighted by Gasteiger charge is 2.22. The van der Waals surface area contributed by atoms with Crippen molar-refractivity contribution in [2.75, 3.05) is 19.6 Å². The van der Waals surface area contributed by atoms with Crippen LogP contribution in [0, 0.1) is 11.7 Å². The molecule has 1 amide bonds. The van der Waals surface area contributed by atoms with Gasteiger partial charge < -0.3 is 9.84 Å². The maximum atomic E-state index is 13.7. The predicted octanol–water partition coefficient (Wildman–Crippen LogP) is 2.15. The molecular weight excluding hydrogens is 323 g/mol. The molecule has 1 aliphatic heterocycles. The van der Waals surface area contributed by atoms with Crippen molar-refractivity contribution in [3.05, 3.63) is 47.4 Å². The number of amides is 1. The number of carbonyl (C=O) groups excluding carboxylic acids is 1. The third-order valence-electron chi connectivity index (χ3n) is 4.42. The third kappa shape index (κ3) is 5.09. The van der Waals surface area contributed by atoms with Crippen LogP contribution in [0.15, 0.2) is 28.8 Å². The van der Waals surface area contributed by atoms with Gasteiger partial charge in [-0.1, -0.05) is 23.4 Å². The van der Waals surface area contributed by atoms with E-state index in [9.17, 15) is 9.18 Å². The summed E-state index contributed by atoms with van der Waals surface area (Å²) in [5.41, 5.74) is 0.559. The van der Waals surface area contributed by atoms with Crippen LogP contribution in [0.25, 0.3) is 0 Å². The molecule has 1 fully saturated rings. The van der Waals surface area contributed by atoms with Gasteiger partial charge in [-0.05, 0) is 36.9 Å². The van der Waals surface area contributed by atoms with Gasteiger partial charge in [0.05, 0.1) is 6.54 Å². The minimum absolute atomic E-state index is 0.00631. The summed E-state index contributed by atoms with van der Waals surface area (Å²) in [4.78, 5) is 17.7. The van der Waals surface area contributed by atoms with E-state index in [1.165, 1.54) is 13.0 Å². The van der Waals surface area contributed by atoms with Gasteiger partial charge in [-0.2, -0.15) is 4.98 Å². The molecule has 1 aromatic carbocycles. The number of halogens is 1. The molecule has 7 heteroatoms. The quantitative estimate of drug-likeness (QED) is 0.868. The van der Waals surface area contributed by atoms with Crippen molar-refractivity contribution in [2.45, 2.75) is 32.7 Å². The molecule has 1 N–H and O–H groups in total. The molecule has 6 nitrogen and oxygen atoms in total. The van der Waals surface area contributed by atoms with Crippen LogP contribution in [-0.4, -0.2) is 40.6 Å². The Morgan fingerprint density at radius 3 is 3.08 bits per heavy atom. The monoisotopic (exact) mass is 346 g/mol. The predicted molar refractivity (Wildman–Crippen MR) is 90.2 cm³/mol. The molecule has 1 saturated heterocycles. The number of aromatic nitrogens is 2. The summed E-state index contributed by atoms with van der Waals surface area (Å²) in [6, 6.07) is 6.61. The molecule has 134 valence electrons. The number of carbonyl (C=O) groups is 1. The molecule has 0 bridgehead atoms. The zero-order chi connectivity index (χ0) is 17.6. The normalized spacial score (nSPS) is 18.2. The first-order valence-electron chi connectivity index (χ1n) is 8.62. The van der Waals surface area contributed by atoms with Crippen molar-refractivity contribution >= 4 is 5.91 Å². The van der Waals surface area contributed by atoms with Crippen LogP contribution in [0.2, 0.25) is 0 Å². The van der Waals surface area contributed by atoms with Gasteiger partial charge in [-0.3, -0.25) is 9.69 Å². The van der Waals surface area contributed by atoms with E-state index in [2.05, 4.69) is 20.4 Å². The number of nitrogens with zero attached hydrogens (tertiary/aromatic N) is 3. The Labute approximate surface area is 146 Å². The second kappa shape index (κ2) is 8.20. The van der Waals surface area contributed by atoms with Crippen molar-refractivity contribution in [1.29, 1.82) is 0 Å². The fraction of sp³-hybridized carbons (Fsp3) is 0.500. The maximum absolute atomic E-state index is 13.7. The molecule has 2 heterocycles. The van der Waals surface area contributed by atoms with Crippen molar-refractivity contribution in [3.8, 4) is 0 Å². The van der Waals surface area contributed by atoms with Crippen LogP contribution in [0.5, 0.6) is 0 Å². The summed E-state index contributed by atoms with van der Waals surface area (Å²) in [6.07, 6.45) is 2.51. The number of hydrogen-bond acceptors (Lipinski definition) is 5. The Balaban J connectivity index is 1.54. The van der Waals surface area contributed by atoms with E-state index in [1.54, 1.807) is 18.2 Å². The Kier molecular flexibility index (Phi) is 5.75. The van der Waals surface area contributed by atoms with Crippen LogP contribution in [0.3, 0.4) is 0 Å². The molecule has 0 unspecified atom stereocenters. The van der Waals surface area contributed by atoms with E-state index in [1.807, 2.05) is 0 Å². The van der Waals surface area contributed by atoms with E-state index < -0.39 is 0 Å². The molecule has 0 aliphatic carbocycles. The molecule has 0 radical (unpaired) electrons. The molecule has 0 spiro atoms. The lowest BCUT2D eigenvalue weighted by Gasteiger charge is -2.31. The SMILES string of the molecule is CC(=O)NC[C@H]1CCCN(Cc2nc(Cc3ccccc3F)no2)C1. The summed E-state index contributed by atoms with van der Waals surface area (Å²) >= 11 is 0. The van der Waals surface area contributed by atoms with Gasteiger partial charge in [0, 0.05) is 26.4 Å². The average Bonchev–Trinajstić information content (AvgIpc) is 3.02. The molecule has 3 rings (SSSR count). The molecule has 1 atom stereocenters. The fourth-order valence-corrected chi connectivity index (χ4v) is 3.18. The van der Waals surface area contributed by atoms with E-state index in [0.717, 1.165) is 25.9 Å². The van der Waals surface area contributed by atoms with Gasteiger partial charge in [-0.25, -0.2) is 4.39 Å². The molecule has 1 aliphatic rings. The van der Waals surface area contributed by atoms with Gasteiger partial charge in [-0.15, -0.1) is 0 Å². The number of likely N-dealkylation sites (tertiary alicyclic amines) is 1. The first kappa shape index (κ1) is 17.5. The lowest BCUT2D eigenvalue weighted by atomic mass is 9.98. The van der Waals surface area contributed by atoms with Crippen LogP contribution in [-0.2, 0) is 17.8 Å². The van der Waals surface area contributed by atoms with Crippen LogP contribution in [0.1, 0.15) is 37.0 Å². The topological polar surface area (TPSA) is 71.3 Å². The summed E-state index contributed by atoms with van der Waals surface area (Å²) in [6.45, 7) is 4.69. The van der Waals surface area contributed by atoms with E-state index >= 15 is 0 Å². The molecule has 2 aromatic rings. The Morgan fingerprint density at radius 1 is 1.44 bits per heavy atom. The largest absolute Gasteiger partial charge is 0.356 e. The average molecular weight is 346 g/mol. The summed E-state index contributed by atoms with van der Waals surface area (Å²) < 4.78 is 19.0. The van der Waals surface area contributed by atoms with Crippen LogP contribution in [0.4, 0.5) is 4.39 Å². The van der Waals surface area contributed by atoms with E-state index in [-0.39, 0.29) is 11.7 Å². The highest BCUT2D eigenvalue weighted by Crippen LogP contribution is 2.18. The highest BCUT2D eigenvalue weighted by atomic mass is 19.1. The first-order chi connectivity index (χ1) is 12.1. The smallest absolute Gasteiger partial charge is 0.240 e. The molecule has 25 heavy (non-hydrogen) atoms. The van der Waals surface area contributed by atoms with Crippen LogP contribution < -0.4 is 5.32 Å². The lowest BCUT2D eigenvalue weighted by molar-refractivity contribution is -0.119. The zero-order valence-corrected chi connectivity index (χ0v) is 14.4. The number of piperidine rings is 1. The lowest BCUT2D eigenvalue weighted by Crippen LogP contribution is -2.40. The van der Waals surface area contributed by atoms with Crippen molar-refractivity contribution in [3.63, 3.8) is 0 Å². The van der Waals surface area contributed by atoms with Gasteiger partial charge >= 0.3 is 0 Å². The number of benzene rings is 1. The maximum Gasteiger partial charge on any atom is 0.240 e. The molecule has 1 aromatic heterocycles. The second-order valence-electron chi connectivity index (χ2n) is 6.55. The van der Waals surface area contributed by atoms with Crippen molar-refractivity contribution in [2.24, 2.45) is 5.92 Å². The van der Waals surface area contributed by atoms with Crippen LogP contribution >= 0.6 is 0 Å². The van der Waals surface area contributed by atoms with Crippen molar-refractivity contribution < 1.29 is 13.7 Å². The van der Waals surface area contributed by atoms with Crippen molar-refractivity contribution in [1.82, 2.24) is 20.4 Å². The van der Waals surface area contributed by atoms with Gasteiger partial charge in [0.15, 0.2) is 5.82 Å². The Morgan fingerprint density at radius 2 is 2.28 bits per heavy atom. The number of rotatable bonds is 6. The highest BCUT2D eigenvalue weighted by molar-refractivity contribution is 5.72. The van der Waals surface area contributed by atoms with Gasteiger partial charge in [0.2, 0.25) is 11.8 Å². The number of hydrogen-bond donors (Lipinski definition) is 1. The van der Waals surface area contributed by atoms with Gasteiger partial charge in [0.1, 0.15) is 5.82 Å². The van der Waals surface area contributed by atoms with Gasteiger partial charge in [0.25, 0.3) is 0 Å². The minimum atomic E-state index is -0.259. The fourth-order valence-electron chi connectivity index (χ4n) is 3.18. The third-order valence-corrected chi connectivity index (χ3v) is 4.42. The zero-order valence-electron chi connectivity index (χ0n) is 14.4. The summed E-state index contributed by atoms with van der Waals surface area (Å²) in [5, 5.41) is 6.84. The standard InChI is InChI=1S/C18H23FN4O2/c1-13(24)20-10-14-5-4-8-23(11-14)12-18-21-17(22-25-18)9-15-6-2-3-7-16(15)19/h2-3,6-7,14H,4-5,8-12H2,1H3,(H,20,24)/t14-/m1/s1. The molecule has 0 saturated carbocycles. The number of nitrogens with one attached hydrogen (secondary N) is 1. The van der Waals surface area contributed by atoms with E-state index in [4.69, 9.17) is 4.52 Å². The summed E-state index contributed by atoms with van der Waals surface area (Å²) in [5.74, 6) is 1.23. The Bertz CT molecular complexity index is 719. The summed E-state index contributed by atoms with van der Waals surface area (Å²) in [7, 11) is 0.